The number of carbonyl (C=O) groups is 1. The molecule has 0 saturated carbocycles. The SMILES string of the molecule is Cc1cc(C)cc(OCCNC(=O)C(C)Oc2ccc(Cl)cc2)c1. The van der Waals surface area contributed by atoms with E-state index in [9.17, 15) is 4.79 Å². The number of carbonyl (C=O) groups excluding carboxylic acids is 1. The minimum atomic E-state index is -0.590. The maximum atomic E-state index is 12.0. The highest BCUT2D eigenvalue weighted by atomic mass is 35.5. The summed E-state index contributed by atoms with van der Waals surface area (Å²) in [5, 5.41) is 3.43. The van der Waals surface area contributed by atoms with Gasteiger partial charge in [0, 0.05) is 5.02 Å². The first-order valence-electron chi connectivity index (χ1n) is 7.85. The molecule has 2 aromatic rings. The first-order valence-corrected chi connectivity index (χ1v) is 8.23. The summed E-state index contributed by atoms with van der Waals surface area (Å²) in [6.45, 7) is 6.58. The Hall–Kier alpha value is -2.20. The van der Waals surface area contributed by atoms with E-state index >= 15 is 0 Å². The molecule has 1 amide bonds. The summed E-state index contributed by atoms with van der Waals surface area (Å²) in [6.07, 6.45) is -0.590. The van der Waals surface area contributed by atoms with Crippen molar-refractivity contribution in [3.05, 3.63) is 58.6 Å². The van der Waals surface area contributed by atoms with Crippen LogP contribution in [0.25, 0.3) is 0 Å². The van der Waals surface area contributed by atoms with Crippen molar-refractivity contribution in [2.24, 2.45) is 0 Å². The van der Waals surface area contributed by atoms with Crippen LogP contribution in [0.2, 0.25) is 5.02 Å². The Bertz CT molecular complexity index is 665. The van der Waals surface area contributed by atoms with Gasteiger partial charge in [0.05, 0.1) is 6.54 Å². The zero-order valence-corrected chi connectivity index (χ0v) is 14.9. The maximum Gasteiger partial charge on any atom is 0.260 e. The van der Waals surface area contributed by atoms with E-state index in [4.69, 9.17) is 21.1 Å². The number of amides is 1. The number of hydrogen-bond acceptors (Lipinski definition) is 3. The monoisotopic (exact) mass is 347 g/mol. The topological polar surface area (TPSA) is 47.6 Å². The Kier molecular flexibility index (Phi) is 6.50. The van der Waals surface area contributed by atoms with Gasteiger partial charge in [-0.1, -0.05) is 17.7 Å². The van der Waals surface area contributed by atoms with E-state index in [1.807, 2.05) is 26.0 Å². The Labute approximate surface area is 147 Å². The quantitative estimate of drug-likeness (QED) is 0.772. The predicted octanol–water partition coefficient (Wildman–Crippen LogP) is 3.92. The second-order valence-corrected chi connectivity index (χ2v) is 6.11. The fraction of sp³-hybridized carbons (Fsp3) is 0.316. The van der Waals surface area contributed by atoms with Crippen molar-refractivity contribution in [3.8, 4) is 11.5 Å². The van der Waals surface area contributed by atoms with Gasteiger partial charge in [-0.2, -0.15) is 0 Å². The molecule has 0 heterocycles. The van der Waals surface area contributed by atoms with Crippen molar-refractivity contribution in [3.63, 3.8) is 0 Å². The minimum Gasteiger partial charge on any atom is -0.492 e. The molecule has 2 rings (SSSR count). The van der Waals surface area contributed by atoms with Crippen LogP contribution in [0.4, 0.5) is 0 Å². The van der Waals surface area contributed by atoms with Gasteiger partial charge in [-0.3, -0.25) is 4.79 Å². The molecule has 128 valence electrons. The molecular weight excluding hydrogens is 326 g/mol. The lowest BCUT2D eigenvalue weighted by Gasteiger charge is -2.15. The van der Waals surface area contributed by atoms with Gasteiger partial charge in [-0.25, -0.2) is 0 Å². The third kappa shape index (κ3) is 5.78. The highest BCUT2D eigenvalue weighted by Gasteiger charge is 2.14. The predicted molar refractivity (Wildman–Crippen MR) is 96.0 cm³/mol. The van der Waals surface area contributed by atoms with Gasteiger partial charge in [-0.05, 0) is 68.3 Å². The second kappa shape index (κ2) is 8.60. The minimum absolute atomic E-state index is 0.186. The fourth-order valence-electron chi connectivity index (χ4n) is 2.27. The normalized spacial score (nSPS) is 11.7. The van der Waals surface area contributed by atoms with Crippen LogP contribution >= 0.6 is 11.6 Å². The lowest BCUT2D eigenvalue weighted by atomic mass is 10.1. The molecule has 0 aromatic heterocycles. The number of hydrogen-bond donors (Lipinski definition) is 1. The molecule has 4 nitrogen and oxygen atoms in total. The molecule has 0 aliphatic rings. The molecule has 1 atom stereocenters. The summed E-state index contributed by atoms with van der Waals surface area (Å²) >= 11 is 5.82. The average Bonchev–Trinajstić information content (AvgIpc) is 2.52. The van der Waals surface area contributed by atoms with Crippen molar-refractivity contribution in [1.29, 1.82) is 0 Å². The van der Waals surface area contributed by atoms with E-state index < -0.39 is 6.10 Å². The number of nitrogens with one attached hydrogen (secondary N) is 1. The standard InChI is InChI=1S/C19H22ClNO3/c1-13-10-14(2)12-18(11-13)23-9-8-21-19(22)15(3)24-17-6-4-16(20)5-7-17/h4-7,10-12,15H,8-9H2,1-3H3,(H,21,22). The third-order valence-corrected chi connectivity index (χ3v) is 3.61. The van der Waals surface area contributed by atoms with Gasteiger partial charge in [-0.15, -0.1) is 0 Å². The highest BCUT2D eigenvalue weighted by molar-refractivity contribution is 6.30. The van der Waals surface area contributed by atoms with Crippen LogP contribution in [0.15, 0.2) is 42.5 Å². The van der Waals surface area contributed by atoms with Crippen LogP contribution in [0.3, 0.4) is 0 Å². The molecule has 0 bridgehead atoms. The highest BCUT2D eigenvalue weighted by Crippen LogP contribution is 2.17. The van der Waals surface area contributed by atoms with Gasteiger partial charge in [0.25, 0.3) is 5.91 Å². The van der Waals surface area contributed by atoms with Gasteiger partial charge in [0.15, 0.2) is 6.10 Å². The van der Waals surface area contributed by atoms with Crippen LogP contribution in [-0.4, -0.2) is 25.2 Å². The van der Waals surface area contributed by atoms with E-state index in [1.54, 1.807) is 31.2 Å². The maximum absolute atomic E-state index is 12.0. The summed E-state index contributed by atoms with van der Waals surface area (Å²) in [5.41, 5.74) is 2.30. The van der Waals surface area contributed by atoms with Gasteiger partial charge in [0.2, 0.25) is 0 Å². The Morgan fingerprint density at radius 2 is 1.71 bits per heavy atom. The van der Waals surface area contributed by atoms with Crippen molar-refractivity contribution >= 4 is 17.5 Å². The van der Waals surface area contributed by atoms with Crippen molar-refractivity contribution in [2.45, 2.75) is 26.9 Å². The van der Waals surface area contributed by atoms with Crippen LogP contribution < -0.4 is 14.8 Å². The second-order valence-electron chi connectivity index (χ2n) is 5.68. The molecule has 5 heteroatoms. The molecule has 0 aliphatic heterocycles. The summed E-state index contributed by atoms with van der Waals surface area (Å²) in [4.78, 5) is 12.0. The summed E-state index contributed by atoms with van der Waals surface area (Å²) in [5.74, 6) is 1.23. The number of rotatable bonds is 7. The molecule has 2 aromatic carbocycles. The smallest absolute Gasteiger partial charge is 0.260 e. The number of aryl methyl sites for hydroxylation is 2. The first-order chi connectivity index (χ1) is 11.4. The van der Waals surface area contributed by atoms with E-state index in [2.05, 4.69) is 11.4 Å². The Morgan fingerprint density at radius 1 is 1.08 bits per heavy atom. The zero-order valence-electron chi connectivity index (χ0n) is 14.1. The third-order valence-electron chi connectivity index (χ3n) is 3.36. The molecule has 0 saturated heterocycles. The first kappa shape index (κ1) is 18.1. The van der Waals surface area contributed by atoms with Gasteiger partial charge >= 0.3 is 0 Å². The summed E-state index contributed by atoms with van der Waals surface area (Å²) in [6, 6.07) is 12.9. The molecule has 1 unspecified atom stereocenters. The van der Waals surface area contributed by atoms with Crippen LogP contribution in [0.1, 0.15) is 18.1 Å². The molecular formula is C19H22ClNO3. The lowest BCUT2D eigenvalue weighted by molar-refractivity contribution is -0.127. The lowest BCUT2D eigenvalue weighted by Crippen LogP contribution is -2.38. The Balaban J connectivity index is 1.73. The summed E-state index contributed by atoms with van der Waals surface area (Å²) < 4.78 is 11.2. The van der Waals surface area contributed by atoms with E-state index in [0.717, 1.165) is 16.9 Å². The zero-order chi connectivity index (χ0) is 17.5. The average molecular weight is 348 g/mol. The molecule has 1 N–H and O–H groups in total. The van der Waals surface area contributed by atoms with E-state index in [-0.39, 0.29) is 5.91 Å². The van der Waals surface area contributed by atoms with Gasteiger partial charge < -0.3 is 14.8 Å². The van der Waals surface area contributed by atoms with Crippen molar-refractivity contribution in [2.75, 3.05) is 13.2 Å². The number of halogens is 1. The molecule has 0 radical (unpaired) electrons. The molecule has 0 fully saturated rings. The van der Waals surface area contributed by atoms with Crippen LogP contribution in [0.5, 0.6) is 11.5 Å². The van der Waals surface area contributed by atoms with E-state index in [1.165, 1.54) is 0 Å². The van der Waals surface area contributed by atoms with Crippen LogP contribution in [-0.2, 0) is 4.79 Å². The largest absolute Gasteiger partial charge is 0.492 e. The van der Waals surface area contributed by atoms with Crippen molar-refractivity contribution < 1.29 is 14.3 Å². The van der Waals surface area contributed by atoms with Crippen molar-refractivity contribution in [1.82, 2.24) is 5.32 Å². The molecule has 24 heavy (non-hydrogen) atoms. The summed E-state index contributed by atoms with van der Waals surface area (Å²) in [7, 11) is 0. The van der Waals surface area contributed by atoms with Gasteiger partial charge in [0.1, 0.15) is 18.1 Å². The fourth-order valence-corrected chi connectivity index (χ4v) is 2.40. The molecule has 0 aliphatic carbocycles. The van der Waals surface area contributed by atoms with Crippen LogP contribution in [0, 0.1) is 13.8 Å². The van der Waals surface area contributed by atoms with E-state index in [0.29, 0.717) is 23.9 Å². The number of benzene rings is 2. The molecule has 0 spiro atoms. The Morgan fingerprint density at radius 3 is 2.33 bits per heavy atom. The number of ether oxygens (including phenoxy) is 2.